The molecule has 19 heavy (non-hydrogen) atoms. The van der Waals surface area contributed by atoms with Crippen LogP contribution in [0.15, 0.2) is 0 Å². The smallest absolute Gasteiger partial charge is 0.746 e. The van der Waals surface area contributed by atoms with Gasteiger partial charge in [-0.3, -0.25) is 0 Å². The molecule has 6 nitrogen and oxygen atoms in total. The Bertz CT molecular complexity index is 371. The van der Waals surface area contributed by atoms with Gasteiger partial charge in [0.05, 0.1) is 0 Å². The summed E-state index contributed by atoms with van der Waals surface area (Å²) in [4.78, 5) is 0. The summed E-state index contributed by atoms with van der Waals surface area (Å²) in [5.41, 5.74) is -4.44. The van der Waals surface area contributed by atoms with E-state index in [1.54, 1.807) is 13.8 Å². The summed E-state index contributed by atoms with van der Waals surface area (Å²) in [6.07, 6.45) is 0.322. The molecule has 0 aromatic rings. The quantitative estimate of drug-likeness (QED) is 0.519. The number of alkyl halides is 2. The molecule has 0 rings (SSSR count). The summed E-state index contributed by atoms with van der Waals surface area (Å²) < 4.78 is 82.8. The van der Waals surface area contributed by atoms with Crippen LogP contribution in [0, 0.1) is 0 Å². The van der Waals surface area contributed by atoms with Crippen LogP contribution in [0.5, 0.6) is 0 Å². The SMILES string of the molecule is CCCC(F)S(=O)(=O)[O-].CCCC(F)S(=O)(=O)[O-].[Ca+2]. The van der Waals surface area contributed by atoms with Crippen LogP contribution in [0.3, 0.4) is 0 Å². The molecule has 0 spiro atoms. The first-order valence-electron chi connectivity index (χ1n) is 5.14. The minimum Gasteiger partial charge on any atom is -0.746 e. The Morgan fingerprint density at radius 1 is 0.842 bits per heavy atom. The molecule has 0 amide bonds. The fraction of sp³-hybridized carbons (Fsp3) is 1.00. The molecule has 0 N–H and O–H groups in total. The molecule has 0 saturated carbocycles. The predicted octanol–water partition coefficient (Wildman–Crippen LogP) is 0.874. The maximum atomic E-state index is 12.0. The van der Waals surface area contributed by atoms with E-state index in [0.29, 0.717) is 12.8 Å². The summed E-state index contributed by atoms with van der Waals surface area (Å²) in [5.74, 6) is 0. The molecule has 0 heterocycles. The van der Waals surface area contributed by atoms with Crippen molar-refractivity contribution in [3.05, 3.63) is 0 Å². The van der Waals surface area contributed by atoms with Crippen molar-refractivity contribution in [2.24, 2.45) is 0 Å². The van der Waals surface area contributed by atoms with Crippen molar-refractivity contribution in [1.29, 1.82) is 0 Å². The third-order valence-electron chi connectivity index (χ3n) is 1.66. The van der Waals surface area contributed by atoms with Gasteiger partial charge in [-0.15, -0.1) is 0 Å². The van der Waals surface area contributed by atoms with Crippen LogP contribution in [0.2, 0.25) is 0 Å². The Morgan fingerprint density at radius 3 is 1.11 bits per heavy atom. The van der Waals surface area contributed by atoms with Gasteiger partial charge in [0.1, 0.15) is 20.2 Å². The molecule has 0 aliphatic carbocycles. The van der Waals surface area contributed by atoms with E-state index in [4.69, 9.17) is 0 Å². The van der Waals surface area contributed by atoms with E-state index in [0.717, 1.165) is 0 Å². The Morgan fingerprint density at radius 2 is 1.05 bits per heavy atom. The Hall–Kier alpha value is 0.940. The second-order valence-corrected chi connectivity index (χ2v) is 6.38. The van der Waals surface area contributed by atoms with Gasteiger partial charge in [-0.2, -0.15) is 0 Å². The number of rotatable bonds is 6. The molecule has 0 aliphatic heterocycles. The van der Waals surface area contributed by atoms with Crippen molar-refractivity contribution in [1.82, 2.24) is 0 Å². The first-order chi connectivity index (χ1) is 7.96. The third kappa shape index (κ3) is 15.2. The van der Waals surface area contributed by atoms with E-state index in [1.807, 2.05) is 0 Å². The number of hydrogen-bond acceptors (Lipinski definition) is 6. The molecule has 0 fully saturated rings. The van der Waals surface area contributed by atoms with E-state index < -0.39 is 31.2 Å². The molecular weight excluding hydrogens is 334 g/mol. The zero-order chi connectivity index (χ0) is 15.0. The monoisotopic (exact) mass is 350 g/mol. The van der Waals surface area contributed by atoms with Crippen molar-refractivity contribution in [2.45, 2.75) is 50.5 Å². The topological polar surface area (TPSA) is 114 Å². The van der Waals surface area contributed by atoms with Gasteiger partial charge in [-0.25, -0.2) is 25.6 Å². The second-order valence-electron chi connectivity index (χ2n) is 3.38. The Balaban J connectivity index is -0.000000256. The summed E-state index contributed by atoms with van der Waals surface area (Å²) in [6, 6.07) is 0. The molecule has 0 aliphatic rings. The Labute approximate surface area is 142 Å². The Kier molecular flexibility index (Phi) is 15.2. The average Bonchev–Trinajstić information content (AvgIpc) is 2.16. The van der Waals surface area contributed by atoms with E-state index >= 15 is 0 Å². The predicted molar refractivity (Wildman–Crippen MR) is 64.8 cm³/mol. The van der Waals surface area contributed by atoms with E-state index in [2.05, 4.69) is 0 Å². The molecule has 112 valence electrons. The summed E-state index contributed by atoms with van der Waals surface area (Å²) in [5, 5.41) is 0. The molecule has 0 aromatic heterocycles. The van der Waals surface area contributed by atoms with Crippen molar-refractivity contribution >= 4 is 58.0 Å². The molecule has 0 saturated heterocycles. The zero-order valence-corrected chi connectivity index (χ0v) is 14.6. The van der Waals surface area contributed by atoms with Crippen LogP contribution >= 0.6 is 0 Å². The van der Waals surface area contributed by atoms with Crippen molar-refractivity contribution in [2.75, 3.05) is 0 Å². The molecule has 11 heteroatoms. The van der Waals surface area contributed by atoms with Gasteiger partial charge >= 0.3 is 37.7 Å². The van der Waals surface area contributed by atoms with Crippen molar-refractivity contribution in [3.63, 3.8) is 0 Å². The maximum absolute atomic E-state index is 12.0. The molecule has 0 bridgehead atoms. The number of hydrogen-bond donors (Lipinski definition) is 0. The van der Waals surface area contributed by atoms with E-state index in [-0.39, 0.29) is 50.6 Å². The van der Waals surface area contributed by atoms with Gasteiger partial charge in [-0.05, 0) is 12.8 Å². The molecule has 0 radical (unpaired) electrons. The molecular formula is C8H16CaF2O6S2. The first kappa shape index (κ1) is 24.9. The first-order valence-corrected chi connectivity index (χ1v) is 8.08. The fourth-order valence-corrected chi connectivity index (χ4v) is 1.79. The van der Waals surface area contributed by atoms with Crippen LogP contribution in [-0.4, -0.2) is 74.7 Å². The van der Waals surface area contributed by atoms with Crippen molar-refractivity contribution < 1.29 is 34.7 Å². The third-order valence-corrected chi connectivity index (χ3v) is 3.38. The average molecular weight is 350 g/mol. The molecule has 2 unspecified atom stereocenters. The molecule has 0 aromatic carbocycles. The zero-order valence-electron chi connectivity index (χ0n) is 10.7. The minimum atomic E-state index is -4.68. The van der Waals surface area contributed by atoms with Crippen LogP contribution in [0.4, 0.5) is 8.78 Å². The van der Waals surface area contributed by atoms with Gasteiger partial charge in [0.15, 0.2) is 11.0 Å². The second kappa shape index (κ2) is 11.6. The largest absolute Gasteiger partial charge is 2.00 e. The minimum absolute atomic E-state index is 0. The van der Waals surface area contributed by atoms with Crippen LogP contribution in [0.1, 0.15) is 39.5 Å². The summed E-state index contributed by atoms with van der Waals surface area (Å²) >= 11 is 0. The van der Waals surface area contributed by atoms with E-state index in [1.165, 1.54) is 0 Å². The van der Waals surface area contributed by atoms with Crippen LogP contribution in [0.25, 0.3) is 0 Å². The van der Waals surface area contributed by atoms with Gasteiger partial charge in [-0.1, -0.05) is 26.7 Å². The summed E-state index contributed by atoms with van der Waals surface area (Å²) in [7, 11) is -9.36. The van der Waals surface area contributed by atoms with Gasteiger partial charge < -0.3 is 9.11 Å². The molecule has 2 atom stereocenters. The standard InChI is InChI=1S/2C4H9FO3S.Ca/c2*1-2-3-4(5)9(6,7)8;/h2*4H,2-3H2,1H3,(H,6,7,8);/q;;+2/p-2. The summed E-state index contributed by atoms with van der Waals surface area (Å²) in [6.45, 7) is 3.22. The maximum Gasteiger partial charge on any atom is 2.00 e. The van der Waals surface area contributed by atoms with Gasteiger partial charge in [0, 0.05) is 0 Å². The normalized spacial score (nSPS) is 14.6. The van der Waals surface area contributed by atoms with Crippen LogP contribution in [-0.2, 0) is 20.2 Å². The number of halogens is 2. The van der Waals surface area contributed by atoms with Crippen molar-refractivity contribution in [3.8, 4) is 0 Å². The van der Waals surface area contributed by atoms with Crippen LogP contribution < -0.4 is 0 Å². The van der Waals surface area contributed by atoms with Gasteiger partial charge in [0.25, 0.3) is 0 Å². The van der Waals surface area contributed by atoms with E-state index in [9.17, 15) is 34.7 Å². The fourth-order valence-electron chi connectivity index (χ4n) is 0.743. The van der Waals surface area contributed by atoms with Gasteiger partial charge in [0.2, 0.25) is 0 Å².